The van der Waals surface area contributed by atoms with Gasteiger partial charge in [-0.25, -0.2) is 17.5 Å². The van der Waals surface area contributed by atoms with E-state index in [1.54, 1.807) is 0 Å². The van der Waals surface area contributed by atoms with Crippen LogP contribution >= 0.6 is 0 Å². The minimum atomic E-state index is -4.28. The number of rotatable bonds is 7. The van der Waals surface area contributed by atoms with E-state index in [9.17, 15) is 17.6 Å². The summed E-state index contributed by atoms with van der Waals surface area (Å²) in [5, 5.41) is 7.16. The molecule has 4 aromatic rings. The van der Waals surface area contributed by atoms with Crippen LogP contribution < -0.4 is 34.9 Å². The van der Waals surface area contributed by atoms with Crippen LogP contribution in [0.25, 0.3) is 21.5 Å². The molecule has 3 aromatic carbocycles. The average molecular weight is 515 g/mol. The third-order valence-electron chi connectivity index (χ3n) is 5.52. The first-order valence-corrected chi connectivity index (χ1v) is 12.4. The Morgan fingerprint density at radius 3 is 2.36 bits per heavy atom. The van der Waals surface area contributed by atoms with Gasteiger partial charge in [-0.15, -0.1) is 0 Å². The summed E-state index contributed by atoms with van der Waals surface area (Å²) in [6, 6.07) is 21.2. The number of carbonyl (C=O) groups excluding carboxylic acids is 1. The zero-order valence-corrected chi connectivity index (χ0v) is 23.1. The number of benzene rings is 3. The molecule has 0 aliphatic rings. The van der Waals surface area contributed by atoms with Crippen LogP contribution in [0.4, 0.5) is 9.18 Å². The Morgan fingerprint density at radius 2 is 1.69 bits per heavy atom. The number of aromatic nitrogens is 2. The van der Waals surface area contributed by atoms with Gasteiger partial charge >= 0.3 is 29.6 Å². The Morgan fingerprint density at radius 1 is 1.00 bits per heavy atom. The van der Waals surface area contributed by atoms with Crippen molar-refractivity contribution in [2.45, 2.75) is 25.2 Å². The molecule has 0 fully saturated rings. The minimum absolute atomic E-state index is 0. The molecule has 10 heteroatoms. The van der Waals surface area contributed by atoms with E-state index in [0.29, 0.717) is 6.42 Å². The van der Waals surface area contributed by atoms with Crippen LogP contribution in [0.5, 0.6) is 0 Å². The number of amides is 2. The molecule has 7 nitrogen and oxygen atoms in total. The number of halogens is 1. The van der Waals surface area contributed by atoms with E-state index in [4.69, 9.17) is 5.10 Å². The van der Waals surface area contributed by atoms with Crippen LogP contribution in [0, 0.1) is 19.7 Å². The zero-order chi connectivity index (χ0) is 25.0. The van der Waals surface area contributed by atoms with Crippen molar-refractivity contribution < 1.29 is 47.2 Å². The van der Waals surface area contributed by atoms with E-state index < -0.39 is 21.9 Å². The second kappa shape index (κ2) is 11.8. The summed E-state index contributed by atoms with van der Waals surface area (Å²) in [4.78, 5) is 11.6. The predicted molar refractivity (Wildman–Crippen MR) is 133 cm³/mol. The van der Waals surface area contributed by atoms with Crippen LogP contribution in [0.1, 0.15) is 17.0 Å². The number of sulfonamides is 1. The molecular weight excluding hydrogens is 490 g/mol. The molecule has 180 valence electrons. The van der Waals surface area contributed by atoms with Gasteiger partial charge in [-0.2, -0.15) is 5.10 Å². The maximum atomic E-state index is 13.3. The molecule has 0 bridgehead atoms. The van der Waals surface area contributed by atoms with E-state index in [1.807, 2.05) is 61.0 Å². The molecule has 0 saturated carbocycles. The van der Waals surface area contributed by atoms with E-state index in [2.05, 4.69) is 22.2 Å². The van der Waals surface area contributed by atoms with Gasteiger partial charge in [0.05, 0.1) is 16.3 Å². The van der Waals surface area contributed by atoms with Crippen LogP contribution in [-0.2, 0) is 16.4 Å². The van der Waals surface area contributed by atoms with Crippen molar-refractivity contribution in [3.05, 3.63) is 106 Å². The summed E-state index contributed by atoms with van der Waals surface area (Å²) in [5.41, 5.74) is 6.07. The molecular formula is C26H24FN4NaO3S. The van der Waals surface area contributed by atoms with E-state index in [0.717, 1.165) is 45.9 Å². The molecule has 0 aliphatic carbocycles. The molecule has 0 saturated heterocycles. The van der Waals surface area contributed by atoms with Crippen molar-refractivity contribution in [2.24, 2.45) is 0 Å². The topological polar surface area (TPSA) is 95.2 Å². The maximum Gasteiger partial charge on any atom is 1.00 e. The van der Waals surface area contributed by atoms with Crippen LogP contribution in [0.3, 0.4) is 0 Å². The standard InChI is InChI=1S/C26H25FN4O3S.Na/c1-18-25(21-7-4-3-5-8-21)19(2)31(29-18)23-13-11-20(12-14-23)15-16-28-26(32)30-35(33,34)24-10-6-9-22(27)17-24;/h3-14,17H,15-16H2,1-2H3,(H2,28,30,32);/q;+1/p-1. The van der Waals surface area contributed by atoms with Crippen molar-refractivity contribution in [1.29, 1.82) is 0 Å². The second-order valence-corrected chi connectivity index (χ2v) is 9.60. The fourth-order valence-corrected chi connectivity index (χ4v) is 4.76. The molecule has 1 heterocycles. The summed E-state index contributed by atoms with van der Waals surface area (Å²) in [5.74, 6) is -0.720. The first kappa shape index (κ1) is 27.6. The zero-order valence-electron chi connectivity index (χ0n) is 20.3. The first-order valence-electron chi connectivity index (χ1n) is 11.0. The summed E-state index contributed by atoms with van der Waals surface area (Å²) in [6.45, 7) is 4.22. The van der Waals surface area contributed by atoms with Gasteiger partial charge in [0.2, 0.25) is 10.0 Å². The molecule has 0 atom stereocenters. The van der Waals surface area contributed by atoms with E-state index in [1.165, 1.54) is 12.1 Å². The second-order valence-electron chi connectivity index (χ2n) is 8.00. The van der Waals surface area contributed by atoms with E-state index >= 15 is 0 Å². The number of nitrogens with one attached hydrogen (secondary N) is 1. The molecule has 0 radical (unpaired) electrons. The number of hydrogen-bond donors (Lipinski definition) is 1. The Labute approximate surface area is 232 Å². The van der Waals surface area contributed by atoms with Gasteiger partial charge in [0.1, 0.15) is 5.82 Å². The average Bonchev–Trinajstić information content (AvgIpc) is 3.13. The summed E-state index contributed by atoms with van der Waals surface area (Å²) in [7, 11) is -4.28. The van der Waals surface area contributed by atoms with Crippen molar-refractivity contribution >= 4 is 16.1 Å². The maximum absolute atomic E-state index is 13.3. The van der Waals surface area contributed by atoms with E-state index in [-0.39, 0.29) is 41.0 Å². The number of hydrogen-bond acceptors (Lipinski definition) is 4. The molecule has 0 unspecified atom stereocenters. The Balaban J connectivity index is 0.00000361. The molecule has 1 N–H and O–H groups in total. The molecule has 36 heavy (non-hydrogen) atoms. The van der Waals surface area contributed by atoms with Gasteiger partial charge in [0, 0.05) is 11.3 Å². The first-order chi connectivity index (χ1) is 16.7. The smallest absolute Gasteiger partial charge is 0.448 e. The van der Waals surface area contributed by atoms with Crippen molar-refractivity contribution in [2.75, 3.05) is 6.54 Å². The van der Waals surface area contributed by atoms with Crippen LogP contribution in [-0.4, -0.2) is 30.8 Å². The SMILES string of the molecule is Cc1nn(-c2ccc(CCNC(=O)[N-]S(=O)(=O)c3cccc(F)c3)cc2)c(C)c1-c1ccccc1.[Na+]. The fraction of sp³-hybridized carbons (Fsp3) is 0.154. The van der Waals surface area contributed by atoms with Crippen molar-refractivity contribution in [3.63, 3.8) is 0 Å². The monoisotopic (exact) mass is 514 g/mol. The largest absolute Gasteiger partial charge is 1.00 e. The minimum Gasteiger partial charge on any atom is -0.448 e. The number of urea groups is 1. The third kappa shape index (κ3) is 6.41. The van der Waals surface area contributed by atoms with Crippen molar-refractivity contribution in [3.8, 4) is 16.8 Å². The van der Waals surface area contributed by atoms with Crippen molar-refractivity contribution in [1.82, 2.24) is 15.1 Å². The Hall–Kier alpha value is -2.98. The van der Waals surface area contributed by atoms with Gasteiger partial charge in [-0.05, 0) is 68.3 Å². The molecule has 0 aliphatic heterocycles. The van der Waals surface area contributed by atoms with Crippen LogP contribution in [0.15, 0.2) is 83.8 Å². The summed E-state index contributed by atoms with van der Waals surface area (Å²) in [6.07, 6.45) is 0.480. The molecule has 2 amide bonds. The summed E-state index contributed by atoms with van der Waals surface area (Å²) < 4.78 is 42.7. The van der Waals surface area contributed by atoms with Gasteiger partial charge in [0.15, 0.2) is 6.03 Å². The molecule has 4 rings (SSSR count). The normalized spacial score (nSPS) is 11.0. The number of carbonyl (C=O) groups is 1. The molecule has 1 aromatic heterocycles. The van der Waals surface area contributed by atoms with Crippen LogP contribution in [0.2, 0.25) is 0 Å². The summed E-state index contributed by atoms with van der Waals surface area (Å²) >= 11 is 0. The van der Waals surface area contributed by atoms with Gasteiger partial charge in [-0.3, -0.25) is 4.79 Å². The number of aryl methyl sites for hydroxylation is 1. The predicted octanol–water partition coefficient (Wildman–Crippen LogP) is 2.31. The quantitative estimate of drug-likeness (QED) is 0.383. The number of nitrogens with zero attached hydrogens (tertiary/aromatic N) is 3. The Bertz CT molecular complexity index is 1460. The van der Waals surface area contributed by atoms with Gasteiger partial charge in [0.25, 0.3) is 0 Å². The molecule has 0 spiro atoms. The Kier molecular flexibility index (Phi) is 9.08. The fourth-order valence-electron chi connectivity index (χ4n) is 3.86. The van der Waals surface area contributed by atoms with Gasteiger partial charge < -0.3 is 10.0 Å². The van der Waals surface area contributed by atoms with Gasteiger partial charge in [-0.1, -0.05) is 48.5 Å². The third-order valence-corrected chi connectivity index (χ3v) is 6.78.